The Labute approximate surface area is 127 Å². The number of nitrogens with zero attached hydrogens (tertiary/aromatic N) is 1. The summed E-state index contributed by atoms with van der Waals surface area (Å²) in [5.41, 5.74) is 6.81. The number of nitrogens with two attached hydrogens (primary N) is 1. The Hall–Kier alpha value is -1.59. The smallest absolute Gasteiger partial charge is 0.141 e. The van der Waals surface area contributed by atoms with Crippen LogP contribution in [0.1, 0.15) is 38.8 Å². The predicted octanol–water partition coefficient (Wildman–Crippen LogP) is 2.51. The Morgan fingerprint density at radius 1 is 1.33 bits per heavy atom. The van der Waals surface area contributed by atoms with Gasteiger partial charge in [0.1, 0.15) is 5.84 Å². The molecule has 5 heteroatoms. The molecule has 0 spiro atoms. The van der Waals surface area contributed by atoms with Gasteiger partial charge in [-0.2, -0.15) is 0 Å². The summed E-state index contributed by atoms with van der Waals surface area (Å²) in [6.45, 7) is 7.64. The largest absolute Gasteiger partial charge is 0.409 e. The molecule has 21 heavy (non-hydrogen) atoms. The number of benzene rings is 1. The highest BCUT2D eigenvalue weighted by molar-refractivity contribution is 5.80. The number of amidine groups is 1. The molecule has 0 bridgehead atoms. The molecule has 1 aromatic rings. The Bertz CT molecular complexity index is 421. The SMILES string of the molecule is CCOCC(NC(C/C(N)=N/O)c1ccccc1)C(C)C. The third-order valence-corrected chi connectivity index (χ3v) is 3.47. The number of ether oxygens (including phenoxy) is 1. The molecular weight excluding hydrogens is 266 g/mol. The highest BCUT2D eigenvalue weighted by Crippen LogP contribution is 2.19. The van der Waals surface area contributed by atoms with Crippen LogP contribution in [-0.4, -0.2) is 30.3 Å². The van der Waals surface area contributed by atoms with Gasteiger partial charge in [-0.15, -0.1) is 0 Å². The van der Waals surface area contributed by atoms with E-state index in [2.05, 4.69) is 24.3 Å². The third kappa shape index (κ3) is 6.14. The van der Waals surface area contributed by atoms with Gasteiger partial charge in [0.05, 0.1) is 6.61 Å². The van der Waals surface area contributed by atoms with Crippen molar-refractivity contribution in [3.8, 4) is 0 Å². The van der Waals surface area contributed by atoms with Crippen molar-refractivity contribution in [1.82, 2.24) is 5.32 Å². The molecule has 0 radical (unpaired) electrons. The van der Waals surface area contributed by atoms with Gasteiger partial charge < -0.3 is 21.0 Å². The molecule has 0 aromatic heterocycles. The highest BCUT2D eigenvalue weighted by Gasteiger charge is 2.21. The molecule has 0 aliphatic heterocycles. The normalized spacial score (nSPS) is 15.1. The molecule has 2 atom stereocenters. The maximum atomic E-state index is 8.83. The Morgan fingerprint density at radius 3 is 2.52 bits per heavy atom. The second-order valence-electron chi connectivity index (χ2n) is 5.44. The summed E-state index contributed by atoms with van der Waals surface area (Å²) >= 11 is 0. The van der Waals surface area contributed by atoms with Crippen molar-refractivity contribution in [3.63, 3.8) is 0 Å². The monoisotopic (exact) mass is 293 g/mol. The fourth-order valence-electron chi connectivity index (χ4n) is 2.14. The number of hydrogen-bond acceptors (Lipinski definition) is 4. The lowest BCUT2D eigenvalue weighted by Crippen LogP contribution is -2.41. The van der Waals surface area contributed by atoms with Crippen LogP contribution >= 0.6 is 0 Å². The van der Waals surface area contributed by atoms with Gasteiger partial charge >= 0.3 is 0 Å². The van der Waals surface area contributed by atoms with E-state index in [-0.39, 0.29) is 17.9 Å². The molecule has 0 amide bonds. The fraction of sp³-hybridized carbons (Fsp3) is 0.562. The first-order valence-corrected chi connectivity index (χ1v) is 7.43. The van der Waals surface area contributed by atoms with E-state index in [9.17, 15) is 0 Å². The number of nitrogens with one attached hydrogen (secondary N) is 1. The van der Waals surface area contributed by atoms with E-state index in [0.29, 0.717) is 25.6 Å². The molecule has 0 heterocycles. The summed E-state index contributed by atoms with van der Waals surface area (Å²) < 4.78 is 5.55. The Morgan fingerprint density at radius 2 is 2.00 bits per heavy atom. The number of oxime groups is 1. The second kappa shape index (κ2) is 9.37. The van der Waals surface area contributed by atoms with Crippen LogP contribution in [0.2, 0.25) is 0 Å². The van der Waals surface area contributed by atoms with Gasteiger partial charge in [-0.05, 0) is 18.4 Å². The lowest BCUT2D eigenvalue weighted by atomic mass is 9.98. The summed E-state index contributed by atoms with van der Waals surface area (Å²) in [5.74, 6) is 0.644. The zero-order valence-corrected chi connectivity index (χ0v) is 13.1. The van der Waals surface area contributed by atoms with Crippen molar-refractivity contribution in [2.45, 2.75) is 39.3 Å². The minimum absolute atomic E-state index is 0.00467. The first-order valence-electron chi connectivity index (χ1n) is 7.43. The van der Waals surface area contributed by atoms with Crippen molar-refractivity contribution < 1.29 is 9.94 Å². The van der Waals surface area contributed by atoms with Gasteiger partial charge in [-0.3, -0.25) is 0 Å². The van der Waals surface area contributed by atoms with Gasteiger partial charge in [-0.25, -0.2) is 0 Å². The molecule has 0 saturated carbocycles. The van der Waals surface area contributed by atoms with Crippen LogP contribution in [-0.2, 0) is 4.74 Å². The Kier molecular flexibility index (Phi) is 7.79. The van der Waals surface area contributed by atoms with Gasteiger partial charge in [0.25, 0.3) is 0 Å². The second-order valence-corrected chi connectivity index (χ2v) is 5.44. The average Bonchev–Trinajstić information content (AvgIpc) is 2.50. The highest BCUT2D eigenvalue weighted by atomic mass is 16.5. The summed E-state index contributed by atoms with van der Waals surface area (Å²) in [7, 11) is 0. The summed E-state index contributed by atoms with van der Waals surface area (Å²) in [4.78, 5) is 0. The lowest BCUT2D eigenvalue weighted by Gasteiger charge is -2.28. The van der Waals surface area contributed by atoms with E-state index in [4.69, 9.17) is 15.7 Å². The maximum Gasteiger partial charge on any atom is 0.141 e. The molecule has 0 saturated heterocycles. The zero-order chi connectivity index (χ0) is 15.7. The van der Waals surface area contributed by atoms with E-state index < -0.39 is 0 Å². The molecule has 5 nitrogen and oxygen atoms in total. The quantitative estimate of drug-likeness (QED) is 0.283. The first-order chi connectivity index (χ1) is 10.1. The average molecular weight is 293 g/mol. The summed E-state index contributed by atoms with van der Waals surface area (Å²) in [6.07, 6.45) is 0.454. The van der Waals surface area contributed by atoms with Crippen LogP contribution in [0, 0.1) is 5.92 Å². The van der Waals surface area contributed by atoms with Crippen LogP contribution in [0.3, 0.4) is 0 Å². The summed E-state index contributed by atoms with van der Waals surface area (Å²) in [6, 6.07) is 10.2. The van der Waals surface area contributed by atoms with E-state index in [1.807, 2.05) is 37.3 Å². The van der Waals surface area contributed by atoms with Crippen molar-refractivity contribution in [3.05, 3.63) is 35.9 Å². The van der Waals surface area contributed by atoms with Gasteiger partial charge in [0, 0.05) is 25.1 Å². The predicted molar refractivity (Wildman–Crippen MR) is 85.5 cm³/mol. The fourth-order valence-corrected chi connectivity index (χ4v) is 2.14. The molecule has 0 aliphatic rings. The van der Waals surface area contributed by atoms with Crippen LogP contribution in [0.4, 0.5) is 0 Å². The number of hydrogen-bond donors (Lipinski definition) is 3. The van der Waals surface area contributed by atoms with Crippen molar-refractivity contribution in [1.29, 1.82) is 0 Å². The van der Waals surface area contributed by atoms with E-state index in [1.165, 1.54) is 0 Å². The standard InChI is InChI=1S/C16H27N3O2/c1-4-21-11-15(12(2)3)18-14(10-16(17)19-20)13-8-6-5-7-9-13/h5-9,12,14-15,18,20H,4,10-11H2,1-3H3,(H2,17,19). The molecule has 2 unspecified atom stereocenters. The molecule has 0 fully saturated rings. The topological polar surface area (TPSA) is 79.9 Å². The van der Waals surface area contributed by atoms with Crippen LogP contribution in [0.25, 0.3) is 0 Å². The van der Waals surface area contributed by atoms with Crippen molar-refractivity contribution >= 4 is 5.84 Å². The summed E-state index contributed by atoms with van der Waals surface area (Å²) in [5, 5.41) is 15.5. The van der Waals surface area contributed by atoms with Crippen molar-refractivity contribution in [2.75, 3.05) is 13.2 Å². The molecule has 4 N–H and O–H groups in total. The minimum Gasteiger partial charge on any atom is -0.409 e. The first kappa shape index (κ1) is 17.5. The van der Waals surface area contributed by atoms with Gasteiger partial charge in [-0.1, -0.05) is 49.3 Å². The lowest BCUT2D eigenvalue weighted by molar-refractivity contribution is 0.103. The molecule has 1 rings (SSSR count). The van der Waals surface area contributed by atoms with Crippen molar-refractivity contribution in [2.24, 2.45) is 16.8 Å². The molecular formula is C16H27N3O2. The van der Waals surface area contributed by atoms with E-state index in [0.717, 1.165) is 5.56 Å². The zero-order valence-electron chi connectivity index (χ0n) is 13.1. The molecule has 118 valence electrons. The van der Waals surface area contributed by atoms with Gasteiger partial charge in [0.15, 0.2) is 0 Å². The molecule has 1 aromatic carbocycles. The van der Waals surface area contributed by atoms with Crippen LogP contribution < -0.4 is 11.1 Å². The Balaban J connectivity index is 2.84. The molecule has 0 aliphatic carbocycles. The van der Waals surface area contributed by atoms with Crippen LogP contribution in [0.5, 0.6) is 0 Å². The number of rotatable bonds is 9. The minimum atomic E-state index is -0.00467. The van der Waals surface area contributed by atoms with E-state index in [1.54, 1.807) is 0 Å². The third-order valence-electron chi connectivity index (χ3n) is 3.47. The van der Waals surface area contributed by atoms with Crippen LogP contribution in [0.15, 0.2) is 35.5 Å². The van der Waals surface area contributed by atoms with E-state index >= 15 is 0 Å². The maximum absolute atomic E-state index is 8.83. The van der Waals surface area contributed by atoms with Gasteiger partial charge in [0.2, 0.25) is 0 Å².